The Kier molecular flexibility index (Phi) is 9.28. The molecule has 1 aliphatic rings. The highest BCUT2D eigenvalue weighted by atomic mass is 35.5. The molecule has 1 atom stereocenters. The van der Waals surface area contributed by atoms with Gasteiger partial charge in [-0.1, -0.05) is 63.0 Å². The standard InChI is InChI=1S/C23H31N3S2.ClH/c1-5-14-24-23(27)18-12-13-22-20(15-18)26(17(4)16-25(6-2)7-3)19-10-8-9-11-21(19)28-22;/h8-13,15,17H,5-7,14,16H2,1-4H3,(H,24,27);1H/t17-;/m1./s1. The molecule has 29 heavy (non-hydrogen) atoms. The van der Waals surface area contributed by atoms with Gasteiger partial charge in [0, 0.05) is 34.5 Å². The Morgan fingerprint density at radius 3 is 2.45 bits per heavy atom. The zero-order valence-electron chi connectivity index (χ0n) is 17.8. The third-order valence-electron chi connectivity index (χ3n) is 5.22. The molecule has 0 aliphatic carbocycles. The third kappa shape index (κ3) is 5.46. The molecular weight excluding hydrogens is 418 g/mol. The van der Waals surface area contributed by atoms with Gasteiger partial charge in [-0.05, 0) is 50.7 Å². The van der Waals surface area contributed by atoms with Crippen LogP contribution in [0.3, 0.4) is 0 Å². The molecule has 1 N–H and O–H groups in total. The van der Waals surface area contributed by atoms with E-state index in [1.54, 1.807) is 0 Å². The third-order valence-corrected chi connectivity index (χ3v) is 6.73. The van der Waals surface area contributed by atoms with Gasteiger partial charge >= 0.3 is 0 Å². The van der Waals surface area contributed by atoms with Crippen LogP contribution in [0.5, 0.6) is 0 Å². The fourth-order valence-corrected chi connectivity index (χ4v) is 4.96. The van der Waals surface area contributed by atoms with Crippen molar-refractivity contribution in [1.82, 2.24) is 10.2 Å². The number of fused-ring (bicyclic) bond motifs is 2. The number of halogens is 1. The minimum atomic E-state index is 0. The summed E-state index contributed by atoms with van der Waals surface area (Å²) in [6, 6.07) is 15.7. The van der Waals surface area contributed by atoms with E-state index in [0.29, 0.717) is 6.04 Å². The summed E-state index contributed by atoms with van der Waals surface area (Å²) in [6.07, 6.45) is 1.07. The zero-order chi connectivity index (χ0) is 20.1. The van der Waals surface area contributed by atoms with E-state index in [-0.39, 0.29) is 12.4 Å². The molecular formula is C23H32ClN3S2. The van der Waals surface area contributed by atoms with Crippen molar-refractivity contribution in [3.05, 3.63) is 48.0 Å². The van der Waals surface area contributed by atoms with Gasteiger partial charge in [0.2, 0.25) is 0 Å². The van der Waals surface area contributed by atoms with Crippen molar-refractivity contribution in [1.29, 1.82) is 0 Å². The summed E-state index contributed by atoms with van der Waals surface area (Å²) < 4.78 is 0. The summed E-state index contributed by atoms with van der Waals surface area (Å²) in [5, 5.41) is 3.37. The molecule has 1 aliphatic heterocycles. The molecule has 3 rings (SSSR count). The number of anilines is 2. The summed E-state index contributed by atoms with van der Waals surface area (Å²) in [7, 11) is 0. The van der Waals surface area contributed by atoms with E-state index in [4.69, 9.17) is 12.2 Å². The molecule has 0 amide bonds. The molecule has 0 radical (unpaired) electrons. The van der Waals surface area contributed by atoms with E-state index < -0.39 is 0 Å². The topological polar surface area (TPSA) is 18.5 Å². The summed E-state index contributed by atoms with van der Waals surface area (Å²) in [6.45, 7) is 13.1. The smallest absolute Gasteiger partial charge is 0.106 e. The molecule has 0 fully saturated rings. The van der Waals surface area contributed by atoms with E-state index in [1.807, 2.05) is 11.8 Å². The van der Waals surface area contributed by atoms with Gasteiger partial charge < -0.3 is 15.1 Å². The van der Waals surface area contributed by atoms with Crippen molar-refractivity contribution in [2.75, 3.05) is 31.1 Å². The Labute approximate surface area is 191 Å². The Hall–Kier alpha value is -1.27. The summed E-state index contributed by atoms with van der Waals surface area (Å²) in [5.41, 5.74) is 3.66. The number of hydrogen-bond donors (Lipinski definition) is 1. The number of nitrogens with zero attached hydrogens (tertiary/aromatic N) is 2. The number of hydrogen-bond acceptors (Lipinski definition) is 4. The normalized spacial score (nSPS) is 13.3. The van der Waals surface area contributed by atoms with Gasteiger partial charge in [-0.15, -0.1) is 12.4 Å². The van der Waals surface area contributed by atoms with Crippen molar-refractivity contribution < 1.29 is 0 Å². The summed E-state index contributed by atoms with van der Waals surface area (Å²) >= 11 is 7.49. The largest absolute Gasteiger partial charge is 0.376 e. The predicted molar refractivity (Wildman–Crippen MR) is 134 cm³/mol. The second kappa shape index (κ2) is 11.2. The lowest BCUT2D eigenvalue weighted by molar-refractivity contribution is 0.288. The first-order chi connectivity index (χ1) is 13.6. The molecule has 2 aromatic rings. The van der Waals surface area contributed by atoms with Crippen LogP contribution in [0.1, 0.15) is 39.7 Å². The van der Waals surface area contributed by atoms with Gasteiger partial charge in [0.15, 0.2) is 0 Å². The van der Waals surface area contributed by atoms with Crippen LogP contribution in [-0.4, -0.2) is 42.1 Å². The van der Waals surface area contributed by atoms with Gasteiger partial charge in [-0.25, -0.2) is 0 Å². The van der Waals surface area contributed by atoms with Crippen molar-refractivity contribution in [3.8, 4) is 0 Å². The fraction of sp³-hybridized carbons (Fsp3) is 0.435. The number of benzene rings is 2. The number of thiocarbonyl (C=S) groups is 1. The molecule has 1 heterocycles. The van der Waals surface area contributed by atoms with Crippen LogP contribution >= 0.6 is 36.4 Å². The van der Waals surface area contributed by atoms with E-state index in [0.717, 1.165) is 43.2 Å². The predicted octanol–water partition coefficient (Wildman–Crippen LogP) is 6.12. The van der Waals surface area contributed by atoms with E-state index >= 15 is 0 Å². The minimum absolute atomic E-state index is 0. The average Bonchev–Trinajstić information content (AvgIpc) is 2.73. The van der Waals surface area contributed by atoms with Crippen LogP contribution in [0, 0.1) is 0 Å². The maximum absolute atomic E-state index is 5.64. The number of rotatable bonds is 8. The number of para-hydroxylation sites is 1. The SMILES string of the molecule is CCCNC(=S)c1ccc2c(c1)N([C@H](C)CN(CC)CC)c1ccccc1S2.Cl. The molecule has 0 saturated carbocycles. The van der Waals surface area contributed by atoms with E-state index in [2.05, 4.69) is 85.3 Å². The lowest BCUT2D eigenvalue weighted by atomic mass is 10.1. The first kappa shape index (κ1) is 24.0. The van der Waals surface area contributed by atoms with Gasteiger partial charge in [-0.3, -0.25) is 0 Å². The monoisotopic (exact) mass is 449 g/mol. The molecule has 6 heteroatoms. The van der Waals surface area contributed by atoms with Crippen LogP contribution in [0.15, 0.2) is 52.3 Å². The van der Waals surface area contributed by atoms with Crippen LogP contribution in [-0.2, 0) is 0 Å². The zero-order valence-corrected chi connectivity index (χ0v) is 20.2. The van der Waals surface area contributed by atoms with Gasteiger partial charge in [0.25, 0.3) is 0 Å². The molecule has 2 aromatic carbocycles. The highest BCUT2D eigenvalue weighted by Crippen LogP contribution is 2.49. The molecule has 0 unspecified atom stereocenters. The minimum Gasteiger partial charge on any atom is -0.376 e. The van der Waals surface area contributed by atoms with Crippen molar-refractivity contribution >= 4 is 52.8 Å². The maximum atomic E-state index is 5.64. The van der Waals surface area contributed by atoms with Gasteiger partial charge in [0.1, 0.15) is 4.99 Å². The van der Waals surface area contributed by atoms with Crippen molar-refractivity contribution in [2.24, 2.45) is 0 Å². The Balaban J connectivity index is 0.00000300. The first-order valence-corrected chi connectivity index (χ1v) is 11.5. The molecule has 0 bridgehead atoms. The average molecular weight is 450 g/mol. The molecule has 0 saturated heterocycles. The highest BCUT2D eigenvalue weighted by molar-refractivity contribution is 7.99. The molecule has 158 valence electrons. The van der Waals surface area contributed by atoms with Crippen LogP contribution in [0.4, 0.5) is 11.4 Å². The Morgan fingerprint density at radius 1 is 1.07 bits per heavy atom. The van der Waals surface area contributed by atoms with Crippen LogP contribution in [0.2, 0.25) is 0 Å². The van der Waals surface area contributed by atoms with Gasteiger partial charge in [-0.2, -0.15) is 0 Å². The van der Waals surface area contributed by atoms with Crippen molar-refractivity contribution in [2.45, 2.75) is 49.9 Å². The molecule has 0 aromatic heterocycles. The summed E-state index contributed by atoms with van der Waals surface area (Å²) in [4.78, 5) is 8.45. The summed E-state index contributed by atoms with van der Waals surface area (Å²) in [5.74, 6) is 0. The molecule has 3 nitrogen and oxygen atoms in total. The van der Waals surface area contributed by atoms with E-state index in [1.165, 1.54) is 21.2 Å². The number of likely N-dealkylation sites (N-methyl/N-ethyl adjacent to an activating group) is 1. The second-order valence-electron chi connectivity index (χ2n) is 7.21. The number of nitrogens with one attached hydrogen (secondary N) is 1. The quantitative estimate of drug-likeness (QED) is 0.488. The lowest BCUT2D eigenvalue weighted by Crippen LogP contribution is -2.41. The Bertz CT molecular complexity index is 824. The first-order valence-electron chi connectivity index (χ1n) is 10.3. The van der Waals surface area contributed by atoms with Crippen LogP contribution < -0.4 is 10.2 Å². The fourth-order valence-electron chi connectivity index (χ4n) is 3.68. The lowest BCUT2D eigenvalue weighted by Gasteiger charge is -2.39. The second-order valence-corrected chi connectivity index (χ2v) is 8.71. The highest BCUT2D eigenvalue weighted by Gasteiger charge is 2.28. The maximum Gasteiger partial charge on any atom is 0.106 e. The Morgan fingerprint density at radius 2 is 1.76 bits per heavy atom. The van der Waals surface area contributed by atoms with E-state index in [9.17, 15) is 0 Å². The van der Waals surface area contributed by atoms with Gasteiger partial charge in [0.05, 0.1) is 11.4 Å². The van der Waals surface area contributed by atoms with Crippen molar-refractivity contribution in [3.63, 3.8) is 0 Å². The molecule has 0 spiro atoms. The van der Waals surface area contributed by atoms with Crippen LogP contribution in [0.25, 0.3) is 0 Å².